The number of morpholine rings is 1. The highest BCUT2D eigenvalue weighted by atomic mass is 16.6. The molecule has 2 N–H and O–H groups in total. The lowest BCUT2D eigenvalue weighted by Crippen LogP contribution is -2.61. The fraction of sp³-hybridized carbons (Fsp3) is 0.533. The third-order valence-electron chi connectivity index (χ3n) is 8.26. The standard InChI is InChI=1S/C30H38N6O4/c1-29(2,3)40-28(38)36-17-30(18-36)10-8-22(9-11-30)33-27(37)21-6-4-20(5-7-21)24-16-23-25(34-24)31-19-32-26(23)35-12-14-39-15-13-35/h4-7,16,19,22H,8-15,17-18H2,1-3H3,(H,33,37)(H,31,32,34). The summed E-state index contributed by atoms with van der Waals surface area (Å²) in [7, 11) is 0. The summed E-state index contributed by atoms with van der Waals surface area (Å²) in [6, 6.07) is 9.92. The minimum atomic E-state index is -0.475. The van der Waals surface area contributed by atoms with Gasteiger partial charge >= 0.3 is 6.09 Å². The summed E-state index contributed by atoms with van der Waals surface area (Å²) in [6.07, 6.45) is 5.23. The molecule has 0 radical (unpaired) electrons. The second-order valence-electron chi connectivity index (χ2n) is 12.4. The van der Waals surface area contributed by atoms with Crippen LogP contribution in [0.25, 0.3) is 22.3 Å². The van der Waals surface area contributed by atoms with Crippen molar-refractivity contribution in [1.82, 2.24) is 25.2 Å². The van der Waals surface area contributed by atoms with Crippen molar-refractivity contribution in [2.24, 2.45) is 5.41 Å². The Balaban J connectivity index is 1.04. The van der Waals surface area contributed by atoms with Gasteiger partial charge in [0.1, 0.15) is 23.4 Å². The molecule has 10 heteroatoms. The zero-order chi connectivity index (χ0) is 27.9. The number of aromatic nitrogens is 3. The van der Waals surface area contributed by atoms with E-state index in [4.69, 9.17) is 9.47 Å². The van der Waals surface area contributed by atoms with Crippen LogP contribution in [0.1, 0.15) is 56.8 Å². The molecule has 2 aliphatic heterocycles. The molecule has 1 aliphatic carbocycles. The summed E-state index contributed by atoms with van der Waals surface area (Å²) in [5, 5.41) is 4.21. The first-order valence-electron chi connectivity index (χ1n) is 14.2. The molecule has 3 aliphatic rings. The SMILES string of the molecule is CC(C)(C)OC(=O)N1CC2(CCC(NC(=O)c3ccc(-c4cc5c(N6CCOCC6)ncnc5[nH]4)cc3)CC2)C1. The quantitative estimate of drug-likeness (QED) is 0.500. The number of nitrogens with zero attached hydrogens (tertiary/aromatic N) is 4. The van der Waals surface area contributed by atoms with E-state index in [0.717, 1.165) is 80.0 Å². The number of amides is 2. The van der Waals surface area contributed by atoms with E-state index in [9.17, 15) is 9.59 Å². The highest BCUT2D eigenvalue weighted by molar-refractivity contribution is 5.95. The van der Waals surface area contributed by atoms with Crippen LogP contribution in [0.15, 0.2) is 36.7 Å². The molecule has 0 atom stereocenters. The first kappa shape index (κ1) is 26.6. The molecule has 3 fully saturated rings. The number of H-pyrrole nitrogens is 1. The Morgan fingerprint density at radius 2 is 1.77 bits per heavy atom. The van der Waals surface area contributed by atoms with E-state index in [2.05, 4.69) is 31.2 Å². The number of benzene rings is 1. The van der Waals surface area contributed by atoms with Crippen molar-refractivity contribution in [2.45, 2.75) is 58.1 Å². The number of hydrogen-bond donors (Lipinski definition) is 2. The van der Waals surface area contributed by atoms with E-state index in [1.54, 1.807) is 11.2 Å². The van der Waals surface area contributed by atoms with Gasteiger partial charge in [0.25, 0.3) is 5.91 Å². The van der Waals surface area contributed by atoms with Gasteiger partial charge in [-0.3, -0.25) is 4.79 Å². The second kappa shape index (κ2) is 10.4. The summed E-state index contributed by atoms with van der Waals surface area (Å²) in [5.74, 6) is 0.870. The van der Waals surface area contributed by atoms with E-state index in [1.807, 2.05) is 45.0 Å². The summed E-state index contributed by atoms with van der Waals surface area (Å²) in [4.78, 5) is 41.7. The van der Waals surface area contributed by atoms with Crippen LogP contribution in [0, 0.1) is 5.41 Å². The van der Waals surface area contributed by atoms with E-state index >= 15 is 0 Å². The smallest absolute Gasteiger partial charge is 0.410 e. The van der Waals surface area contributed by atoms with Gasteiger partial charge in [-0.25, -0.2) is 14.8 Å². The fourth-order valence-electron chi connectivity index (χ4n) is 6.09. The van der Waals surface area contributed by atoms with E-state index < -0.39 is 5.60 Å². The summed E-state index contributed by atoms with van der Waals surface area (Å²) in [6.45, 7) is 10.2. The largest absolute Gasteiger partial charge is 0.444 e. The molecule has 1 aromatic carbocycles. The Morgan fingerprint density at radius 3 is 2.45 bits per heavy atom. The van der Waals surface area contributed by atoms with Gasteiger partial charge in [0, 0.05) is 48.9 Å². The van der Waals surface area contributed by atoms with Crippen LogP contribution < -0.4 is 10.2 Å². The number of rotatable bonds is 4. The van der Waals surface area contributed by atoms with Crippen LogP contribution in [-0.2, 0) is 9.47 Å². The molecular formula is C30H38N6O4. The van der Waals surface area contributed by atoms with Crippen molar-refractivity contribution in [1.29, 1.82) is 0 Å². The highest BCUT2D eigenvalue weighted by Gasteiger charge is 2.48. The second-order valence-corrected chi connectivity index (χ2v) is 12.4. The van der Waals surface area contributed by atoms with Gasteiger partial charge in [0.05, 0.1) is 18.6 Å². The van der Waals surface area contributed by atoms with Crippen LogP contribution >= 0.6 is 0 Å². The summed E-state index contributed by atoms with van der Waals surface area (Å²) >= 11 is 0. The lowest BCUT2D eigenvalue weighted by molar-refractivity contribution is -0.0512. The third-order valence-corrected chi connectivity index (χ3v) is 8.26. The molecule has 3 aromatic rings. The Hall–Kier alpha value is -3.66. The van der Waals surface area contributed by atoms with Crippen LogP contribution in [0.5, 0.6) is 0 Å². The van der Waals surface area contributed by atoms with Gasteiger partial charge in [-0.2, -0.15) is 0 Å². The monoisotopic (exact) mass is 546 g/mol. The lowest BCUT2D eigenvalue weighted by Gasteiger charge is -2.53. The van der Waals surface area contributed by atoms with E-state index in [-0.39, 0.29) is 23.5 Å². The van der Waals surface area contributed by atoms with Gasteiger partial charge in [0.15, 0.2) is 0 Å². The van der Waals surface area contributed by atoms with Crippen molar-refractivity contribution >= 4 is 28.9 Å². The lowest BCUT2D eigenvalue weighted by atomic mass is 9.67. The molecule has 2 aromatic heterocycles. The predicted molar refractivity (Wildman–Crippen MR) is 152 cm³/mol. The maximum Gasteiger partial charge on any atom is 0.410 e. The van der Waals surface area contributed by atoms with Gasteiger partial charge in [0.2, 0.25) is 0 Å². The normalized spacial score (nSPS) is 19.5. The molecule has 2 saturated heterocycles. The van der Waals surface area contributed by atoms with E-state index in [0.29, 0.717) is 18.8 Å². The van der Waals surface area contributed by atoms with Crippen molar-refractivity contribution in [2.75, 3.05) is 44.3 Å². The van der Waals surface area contributed by atoms with Crippen LogP contribution in [-0.4, -0.2) is 82.9 Å². The number of hydrogen-bond acceptors (Lipinski definition) is 7. The summed E-state index contributed by atoms with van der Waals surface area (Å²) < 4.78 is 11.0. The van der Waals surface area contributed by atoms with Crippen molar-refractivity contribution in [3.05, 3.63) is 42.2 Å². The van der Waals surface area contributed by atoms with Gasteiger partial charge < -0.3 is 29.6 Å². The van der Waals surface area contributed by atoms with Crippen molar-refractivity contribution < 1.29 is 19.1 Å². The Morgan fingerprint density at radius 1 is 1.07 bits per heavy atom. The molecule has 0 unspecified atom stereocenters. The molecule has 10 nitrogen and oxygen atoms in total. The molecule has 1 saturated carbocycles. The van der Waals surface area contributed by atoms with Crippen molar-refractivity contribution in [3.8, 4) is 11.3 Å². The number of likely N-dealkylation sites (tertiary alicyclic amines) is 1. The topological polar surface area (TPSA) is 113 Å². The predicted octanol–water partition coefficient (Wildman–Crippen LogP) is 4.37. The van der Waals surface area contributed by atoms with Gasteiger partial charge in [-0.05, 0) is 70.2 Å². The number of aromatic amines is 1. The zero-order valence-corrected chi connectivity index (χ0v) is 23.5. The van der Waals surface area contributed by atoms with Gasteiger partial charge in [-0.15, -0.1) is 0 Å². The number of nitrogens with one attached hydrogen (secondary N) is 2. The molecule has 40 heavy (non-hydrogen) atoms. The number of ether oxygens (including phenoxy) is 2. The number of fused-ring (bicyclic) bond motifs is 1. The number of carbonyl (C=O) groups excluding carboxylic acids is 2. The molecule has 1 spiro atoms. The van der Waals surface area contributed by atoms with Crippen molar-refractivity contribution in [3.63, 3.8) is 0 Å². The summed E-state index contributed by atoms with van der Waals surface area (Å²) in [5.41, 5.74) is 3.07. The Bertz CT molecular complexity index is 1370. The number of carbonyl (C=O) groups is 2. The average molecular weight is 547 g/mol. The minimum absolute atomic E-state index is 0.0476. The first-order valence-corrected chi connectivity index (χ1v) is 14.2. The maximum absolute atomic E-state index is 13.0. The van der Waals surface area contributed by atoms with Gasteiger partial charge in [-0.1, -0.05) is 12.1 Å². The highest BCUT2D eigenvalue weighted by Crippen LogP contribution is 2.44. The van der Waals surface area contributed by atoms with E-state index in [1.165, 1.54) is 0 Å². The Kier molecular flexibility index (Phi) is 6.90. The third kappa shape index (κ3) is 5.50. The van der Waals surface area contributed by atoms with Crippen LogP contribution in [0.3, 0.4) is 0 Å². The molecule has 212 valence electrons. The molecule has 2 amide bonds. The minimum Gasteiger partial charge on any atom is -0.444 e. The number of anilines is 1. The van der Waals surface area contributed by atoms with Crippen LogP contribution in [0.4, 0.5) is 10.6 Å². The average Bonchev–Trinajstić information content (AvgIpc) is 3.36. The van der Waals surface area contributed by atoms with Crippen LogP contribution in [0.2, 0.25) is 0 Å². The first-order chi connectivity index (χ1) is 19.2. The molecule has 4 heterocycles. The Labute approximate surface area is 234 Å². The molecular weight excluding hydrogens is 508 g/mol. The fourth-order valence-corrected chi connectivity index (χ4v) is 6.09. The zero-order valence-electron chi connectivity index (χ0n) is 23.5. The molecule has 6 rings (SSSR count). The maximum atomic E-state index is 13.0. The molecule has 0 bridgehead atoms.